The molecule has 0 aliphatic rings. The lowest BCUT2D eigenvalue weighted by atomic mass is 10.1. The fourth-order valence-electron chi connectivity index (χ4n) is 2.27. The second-order valence-corrected chi connectivity index (χ2v) is 5.86. The first-order chi connectivity index (χ1) is 12.1. The van der Waals surface area contributed by atoms with Gasteiger partial charge in [0.1, 0.15) is 6.42 Å². The number of halogens is 1. The summed E-state index contributed by atoms with van der Waals surface area (Å²) >= 11 is 6.09. The van der Waals surface area contributed by atoms with Gasteiger partial charge in [-0.05, 0) is 35.7 Å². The molecule has 2 aromatic carbocycles. The molecule has 5 nitrogen and oxygen atoms in total. The highest BCUT2D eigenvalue weighted by atomic mass is 35.5. The van der Waals surface area contributed by atoms with Crippen LogP contribution in [0.2, 0.25) is 5.02 Å². The van der Waals surface area contributed by atoms with Crippen molar-refractivity contribution >= 4 is 29.1 Å². The summed E-state index contributed by atoms with van der Waals surface area (Å²) in [7, 11) is 0. The van der Waals surface area contributed by atoms with Gasteiger partial charge in [-0.2, -0.15) is 5.26 Å². The summed E-state index contributed by atoms with van der Waals surface area (Å²) in [5.74, 6) is -0.428. The van der Waals surface area contributed by atoms with Gasteiger partial charge in [-0.15, -0.1) is 0 Å². The van der Waals surface area contributed by atoms with Crippen LogP contribution in [0.15, 0.2) is 48.5 Å². The van der Waals surface area contributed by atoms with Gasteiger partial charge < -0.3 is 10.6 Å². The minimum absolute atomic E-state index is 0.106. The third kappa shape index (κ3) is 6.28. The molecule has 0 radical (unpaired) electrons. The number of nitriles is 1. The number of hydrogen-bond acceptors (Lipinski definition) is 3. The molecular weight excluding hydrogens is 338 g/mol. The van der Waals surface area contributed by atoms with Crippen LogP contribution in [0.25, 0.3) is 0 Å². The molecule has 0 saturated carbocycles. The highest BCUT2D eigenvalue weighted by molar-refractivity contribution is 6.31. The lowest BCUT2D eigenvalue weighted by molar-refractivity contribution is -0.120. The molecule has 0 saturated heterocycles. The van der Waals surface area contributed by atoms with Gasteiger partial charge in [0.15, 0.2) is 0 Å². The number of benzene rings is 2. The Hall–Kier alpha value is -2.84. The molecule has 128 valence electrons. The molecule has 2 rings (SSSR count). The number of amides is 2. The Labute approximate surface area is 151 Å². The van der Waals surface area contributed by atoms with E-state index in [2.05, 4.69) is 10.6 Å². The Morgan fingerprint density at radius 3 is 2.64 bits per heavy atom. The average Bonchev–Trinajstić information content (AvgIpc) is 2.60. The van der Waals surface area contributed by atoms with Crippen LogP contribution in [0.1, 0.15) is 24.0 Å². The molecule has 0 atom stereocenters. The smallest absolute Gasteiger partial charge is 0.234 e. The summed E-state index contributed by atoms with van der Waals surface area (Å²) in [6, 6.07) is 16.5. The second kappa shape index (κ2) is 9.45. The number of carbonyl (C=O) groups is 2. The third-order valence-corrected chi connectivity index (χ3v) is 3.89. The first-order valence-electron chi connectivity index (χ1n) is 7.84. The number of anilines is 1. The maximum absolute atomic E-state index is 12.1. The Morgan fingerprint density at radius 1 is 1.08 bits per heavy atom. The number of aryl methyl sites for hydroxylation is 1. The van der Waals surface area contributed by atoms with Crippen molar-refractivity contribution in [1.29, 1.82) is 5.26 Å². The monoisotopic (exact) mass is 355 g/mol. The first-order valence-corrected chi connectivity index (χ1v) is 8.22. The van der Waals surface area contributed by atoms with E-state index in [0.717, 1.165) is 11.1 Å². The van der Waals surface area contributed by atoms with Gasteiger partial charge in [0, 0.05) is 23.7 Å². The summed E-state index contributed by atoms with van der Waals surface area (Å²) < 4.78 is 0. The SMILES string of the molecule is N#CCC(=O)NCc1cccc(NC(=O)CCc2ccccc2Cl)c1. The number of rotatable bonds is 7. The lowest BCUT2D eigenvalue weighted by Crippen LogP contribution is -2.22. The van der Waals surface area contributed by atoms with Gasteiger partial charge >= 0.3 is 0 Å². The van der Waals surface area contributed by atoms with Crippen LogP contribution in [0.4, 0.5) is 5.69 Å². The van der Waals surface area contributed by atoms with E-state index in [9.17, 15) is 9.59 Å². The number of carbonyl (C=O) groups excluding carboxylic acids is 2. The molecule has 0 unspecified atom stereocenters. The molecule has 0 spiro atoms. The predicted molar refractivity (Wildman–Crippen MR) is 96.9 cm³/mol. The van der Waals surface area contributed by atoms with Crippen LogP contribution < -0.4 is 10.6 Å². The first kappa shape index (κ1) is 18.5. The molecule has 2 aromatic rings. The zero-order chi connectivity index (χ0) is 18.1. The molecule has 2 amide bonds. The summed E-state index contributed by atoms with van der Waals surface area (Å²) in [4.78, 5) is 23.4. The van der Waals surface area contributed by atoms with Crippen LogP contribution in [0.3, 0.4) is 0 Å². The van der Waals surface area contributed by atoms with Crippen molar-refractivity contribution in [2.45, 2.75) is 25.8 Å². The Morgan fingerprint density at radius 2 is 1.88 bits per heavy atom. The number of nitrogens with one attached hydrogen (secondary N) is 2. The highest BCUT2D eigenvalue weighted by Crippen LogP contribution is 2.17. The van der Waals surface area contributed by atoms with E-state index in [4.69, 9.17) is 16.9 Å². The highest BCUT2D eigenvalue weighted by Gasteiger charge is 2.06. The Bertz CT molecular complexity index is 799. The molecule has 0 aliphatic heterocycles. The molecule has 0 heterocycles. The molecule has 0 bridgehead atoms. The van der Waals surface area contributed by atoms with Crippen molar-refractivity contribution < 1.29 is 9.59 Å². The fourth-order valence-corrected chi connectivity index (χ4v) is 2.50. The van der Waals surface area contributed by atoms with Gasteiger partial charge in [0.2, 0.25) is 11.8 Å². The topological polar surface area (TPSA) is 82.0 Å². The minimum atomic E-state index is -0.323. The maximum Gasteiger partial charge on any atom is 0.234 e. The van der Waals surface area contributed by atoms with Crippen molar-refractivity contribution in [3.8, 4) is 6.07 Å². The third-order valence-electron chi connectivity index (χ3n) is 3.52. The quantitative estimate of drug-likeness (QED) is 0.798. The molecule has 2 N–H and O–H groups in total. The zero-order valence-electron chi connectivity index (χ0n) is 13.6. The van der Waals surface area contributed by atoms with Crippen molar-refractivity contribution in [2.24, 2.45) is 0 Å². The van der Waals surface area contributed by atoms with Crippen LogP contribution in [-0.4, -0.2) is 11.8 Å². The number of nitrogens with zero attached hydrogens (tertiary/aromatic N) is 1. The van der Waals surface area contributed by atoms with E-state index >= 15 is 0 Å². The summed E-state index contributed by atoms with van der Waals surface area (Å²) in [6.45, 7) is 0.309. The van der Waals surface area contributed by atoms with Gasteiger partial charge in [-0.3, -0.25) is 9.59 Å². The number of hydrogen-bond donors (Lipinski definition) is 2. The van der Waals surface area contributed by atoms with E-state index in [0.29, 0.717) is 30.1 Å². The maximum atomic E-state index is 12.1. The minimum Gasteiger partial charge on any atom is -0.351 e. The molecule has 0 aromatic heterocycles. The molecule has 25 heavy (non-hydrogen) atoms. The molecular formula is C19H18ClN3O2. The van der Waals surface area contributed by atoms with Crippen LogP contribution in [0.5, 0.6) is 0 Å². The standard InChI is InChI=1S/C19H18ClN3O2/c20-17-7-2-1-5-15(17)8-9-19(25)23-16-6-3-4-14(12-16)13-22-18(24)10-11-21/h1-7,12H,8-10,13H2,(H,22,24)(H,23,25). The normalized spacial score (nSPS) is 9.92. The van der Waals surface area contributed by atoms with Gasteiger partial charge in [-0.25, -0.2) is 0 Å². The van der Waals surface area contributed by atoms with Crippen molar-refractivity contribution in [3.63, 3.8) is 0 Å². The van der Waals surface area contributed by atoms with Crippen molar-refractivity contribution in [3.05, 3.63) is 64.7 Å². The summed E-state index contributed by atoms with van der Waals surface area (Å²) in [5, 5.41) is 14.6. The summed E-state index contributed by atoms with van der Waals surface area (Å²) in [6.07, 6.45) is 0.723. The van der Waals surface area contributed by atoms with E-state index in [1.54, 1.807) is 30.3 Å². The largest absolute Gasteiger partial charge is 0.351 e. The Balaban J connectivity index is 1.86. The van der Waals surface area contributed by atoms with Crippen LogP contribution in [-0.2, 0) is 22.6 Å². The van der Waals surface area contributed by atoms with Crippen LogP contribution >= 0.6 is 11.6 Å². The molecule has 0 aliphatic carbocycles. The van der Waals surface area contributed by atoms with Crippen LogP contribution in [0, 0.1) is 11.3 Å². The molecule has 0 fully saturated rings. The lowest BCUT2D eigenvalue weighted by Gasteiger charge is -2.09. The zero-order valence-corrected chi connectivity index (χ0v) is 14.3. The predicted octanol–water partition coefficient (Wildman–Crippen LogP) is 3.44. The average molecular weight is 356 g/mol. The molecule has 6 heteroatoms. The van der Waals surface area contributed by atoms with Gasteiger partial charge in [-0.1, -0.05) is 41.9 Å². The second-order valence-electron chi connectivity index (χ2n) is 5.45. The van der Waals surface area contributed by atoms with E-state index in [1.807, 2.05) is 24.3 Å². The fraction of sp³-hybridized carbons (Fsp3) is 0.211. The van der Waals surface area contributed by atoms with E-state index in [1.165, 1.54) is 0 Å². The van der Waals surface area contributed by atoms with E-state index in [-0.39, 0.29) is 18.2 Å². The van der Waals surface area contributed by atoms with Gasteiger partial charge in [0.05, 0.1) is 6.07 Å². The van der Waals surface area contributed by atoms with Crippen molar-refractivity contribution in [2.75, 3.05) is 5.32 Å². The summed E-state index contributed by atoms with van der Waals surface area (Å²) in [5.41, 5.74) is 2.44. The van der Waals surface area contributed by atoms with Crippen molar-refractivity contribution in [1.82, 2.24) is 5.32 Å². The van der Waals surface area contributed by atoms with Gasteiger partial charge in [0.25, 0.3) is 0 Å². The Kier molecular flexibility index (Phi) is 7.00. The van der Waals surface area contributed by atoms with E-state index < -0.39 is 0 Å².